The van der Waals surface area contributed by atoms with Crippen molar-refractivity contribution in [3.63, 3.8) is 0 Å². The highest BCUT2D eigenvalue weighted by atomic mass is 35.5. The Labute approximate surface area is 117 Å². The number of nitrogens with two attached hydrogens (primary N) is 1. The van der Waals surface area contributed by atoms with Crippen LogP contribution in [0.5, 0.6) is 0 Å². The molecule has 5 heteroatoms. The van der Waals surface area contributed by atoms with E-state index in [1.807, 2.05) is 0 Å². The summed E-state index contributed by atoms with van der Waals surface area (Å²) in [5, 5.41) is 9.18. The predicted octanol–water partition coefficient (Wildman–Crippen LogP) is 2.96. The molecule has 0 heterocycles. The first-order chi connectivity index (χ1) is 8.57. The summed E-state index contributed by atoms with van der Waals surface area (Å²) >= 11 is 6.09. The minimum absolute atomic E-state index is 0.00340. The molecule has 0 aliphatic rings. The summed E-state index contributed by atoms with van der Waals surface area (Å²) in [4.78, 5) is 23.3. The van der Waals surface area contributed by atoms with Gasteiger partial charge in [-0.05, 0) is 18.1 Å². The maximum atomic E-state index is 12.2. The molecule has 0 saturated carbocycles. The van der Waals surface area contributed by atoms with Crippen molar-refractivity contribution in [2.45, 2.75) is 33.7 Å². The number of carbonyl (C=O) groups is 2. The Bertz CT molecular complexity index is 532. The second-order valence-corrected chi connectivity index (χ2v) is 5.94. The van der Waals surface area contributed by atoms with Crippen molar-refractivity contribution in [3.8, 4) is 0 Å². The van der Waals surface area contributed by atoms with Crippen LogP contribution in [0.1, 0.15) is 48.3 Å². The second-order valence-electron chi connectivity index (χ2n) is 5.56. The Kier molecular flexibility index (Phi) is 4.38. The van der Waals surface area contributed by atoms with Crippen LogP contribution in [0.25, 0.3) is 0 Å². The number of halogens is 1. The van der Waals surface area contributed by atoms with Crippen molar-refractivity contribution in [2.24, 2.45) is 11.1 Å². The summed E-state index contributed by atoms with van der Waals surface area (Å²) in [6, 6.07) is 2.30. The molecule has 3 N–H and O–H groups in total. The van der Waals surface area contributed by atoms with Gasteiger partial charge in [-0.2, -0.15) is 0 Å². The van der Waals surface area contributed by atoms with Gasteiger partial charge in [0.05, 0.1) is 16.6 Å². The van der Waals surface area contributed by atoms with Crippen LogP contribution in [0.3, 0.4) is 0 Å². The van der Waals surface area contributed by atoms with E-state index in [1.54, 1.807) is 39.8 Å². The van der Waals surface area contributed by atoms with Gasteiger partial charge in [-0.25, -0.2) is 4.79 Å². The molecule has 1 aromatic rings. The normalized spacial score (nSPS) is 13.2. The molecule has 104 valence electrons. The Morgan fingerprint density at radius 2 is 1.84 bits per heavy atom. The van der Waals surface area contributed by atoms with E-state index in [0.29, 0.717) is 11.1 Å². The van der Waals surface area contributed by atoms with Crippen LogP contribution in [-0.4, -0.2) is 16.9 Å². The Balaban J connectivity index is 3.34. The molecule has 1 atom stereocenters. The molecule has 0 radical (unpaired) electrons. The standard InChI is InChI=1S/C14H18ClNO3/c1-7-5-6-8(10(15)9(7)13(18)19)11(16)12(17)14(2,3)4/h5-6,11H,16H2,1-4H3,(H,18,19). The van der Waals surface area contributed by atoms with E-state index in [9.17, 15) is 9.59 Å². The molecule has 0 aliphatic carbocycles. The summed E-state index contributed by atoms with van der Waals surface area (Å²) in [7, 11) is 0. The number of benzene rings is 1. The van der Waals surface area contributed by atoms with E-state index in [1.165, 1.54) is 0 Å². The highest BCUT2D eigenvalue weighted by Crippen LogP contribution is 2.32. The smallest absolute Gasteiger partial charge is 0.337 e. The van der Waals surface area contributed by atoms with Crippen LogP contribution in [-0.2, 0) is 4.79 Å². The molecular formula is C14H18ClNO3. The number of aryl methyl sites for hydroxylation is 1. The first-order valence-electron chi connectivity index (χ1n) is 5.89. The summed E-state index contributed by atoms with van der Waals surface area (Å²) in [6.45, 7) is 6.93. The van der Waals surface area contributed by atoms with Gasteiger partial charge in [0, 0.05) is 5.41 Å². The third-order valence-corrected chi connectivity index (χ3v) is 3.36. The van der Waals surface area contributed by atoms with E-state index in [0.717, 1.165) is 0 Å². The van der Waals surface area contributed by atoms with Gasteiger partial charge in [-0.15, -0.1) is 0 Å². The number of hydrogen-bond donors (Lipinski definition) is 2. The van der Waals surface area contributed by atoms with Crippen molar-refractivity contribution in [3.05, 3.63) is 33.8 Å². The third-order valence-electron chi connectivity index (χ3n) is 2.95. The van der Waals surface area contributed by atoms with Crippen LogP contribution < -0.4 is 5.73 Å². The van der Waals surface area contributed by atoms with Crippen molar-refractivity contribution >= 4 is 23.4 Å². The third kappa shape index (κ3) is 3.14. The number of hydrogen-bond acceptors (Lipinski definition) is 3. The lowest BCUT2D eigenvalue weighted by Crippen LogP contribution is -2.32. The number of Topliss-reactive ketones (excluding diaryl/α,β-unsaturated/α-hetero) is 1. The Morgan fingerprint density at radius 1 is 1.32 bits per heavy atom. The molecular weight excluding hydrogens is 266 g/mol. The fourth-order valence-corrected chi connectivity index (χ4v) is 2.21. The number of carboxylic acids is 1. The van der Waals surface area contributed by atoms with Gasteiger partial charge >= 0.3 is 5.97 Å². The fourth-order valence-electron chi connectivity index (χ4n) is 1.80. The van der Waals surface area contributed by atoms with E-state index in [2.05, 4.69) is 0 Å². The van der Waals surface area contributed by atoms with Gasteiger partial charge in [0.1, 0.15) is 0 Å². The molecule has 0 saturated heterocycles. The average Bonchev–Trinajstić information content (AvgIpc) is 2.25. The minimum Gasteiger partial charge on any atom is -0.478 e. The van der Waals surface area contributed by atoms with Crippen LogP contribution >= 0.6 is 11.6 Å². The molecule has 0 amide bonds. The highest BCUT2D eigenvalue weighted by Gasteiger charge is 2.30. The Morgan fingerprint density at radius 3 is 2.26 bits per heavy atom. The van der Waals surface area contributed by atoms with Gasteiger partial charge in [0.25, 0.3) is 0 Å². The molecule has 1 aromatic carbocycles. The van der Waals surface area contributed by atoms with E-state index in [4.69, 9.17) is 22.4 Å². The number of carbonyl (C=O) groups excluding carboxylic acids is 1. The predicted molar refractivity (Wildman–Crippen MR) is 74.5 cm³/mol. The van der Waals surface area contributed by atoms with Crippen LogP contribution in [0.15, 0.2) is 12.1 Å². The quantitative estimate of drug-likeness (QED) is 0.894. The van der Waals surface area contributed by atoms with E-state index in [-0.39, 0.29) is 16.4 Å². The lowest BCUT2D eigenvalue weighted by molar-refractivity contribution is -0.127. The molecule has 1 rings (SSSR count). The molecule has 0 aliphatic heterocycles. The SMILES string of the molecule is Cc1ccc(C(N)C(=O)C(C)(C)C)c(Cl)c1C(=O)O. The molecule has 4 nitrogen and oxygen atoms in total. The van der Waals surface area contributed by atoms with Gasteiger partial charge in [0.15, 0.2) is 5.78 Å². The van der Waals surface area contributed by atoms with E-state index < -0.39 is 17.4 Å². The maximum absolute atomic E-state index is 12.2. The molecule has 1 unspecified atom stereocenters. The first kappa shape index (κ1) is 15.7. The van der Waals surface area contributed by atoms with E-state index >= 15 is 0 Å². The Hall–Kier alpha value is -1.39. The minimum atomic E-state index is -1.13. The van der Waals surface area contributed by atoms with Crippen molar-refractivity contribution in [2.75, 3.05) is 0 Å². The molecule has 0 spiro atoms. The zero-order valence-electron chi connectivity index (χ0n) is 11.5. The largest absolute Gasteiger partial charge is 0.478 e. The van der Waals surface area contributed by atoms with Crippen LogP contribution in [0.4, 0.5) is 0 Å². The number of carboxylic acid groups (broad SMARTS) is 1. The molecule has 0 bridgehead atoms. The fraction of sp³-hybridized carbons (Fsp3) is 0.429. The molecule has 0 fully saturated rings. The highest BCUT2D eigenvalue weighted by molar-refractivity contribution is 6.34. The van der Waals surface area contributed by atoms with Gasteiger partial charge in [-0.3, -0.25) is 4.79 Å². The number of aromatic carboxylic acids is 1. The van der Waals surface area contributed by atoms with Gasteiger partial charge in [-0.1, -0.05) is 44.5 Å². The van der Waals surface area contributed by atoms with Crippen LogP contribution in [0.2, 0.25) is 5.02 Å². The summed E-state index contributed by atoms with van der Waals surface area (Å²) in [6.07, 6.45) is 0. The summed E-state index contributed by atoms with van der Waals surface area (Å²) < 4.78 is 0. The zero-order valence-corrected chi connectivity index (χ0v) is 12.2. The van der Waals surface area contributed by atoms with Crippen LogP contribution in [0, 0.1) is 12.3 Å². The topological polar surface area (TPSA) is 80.4 Å². The maximum Gasteiger partial charge on any atom is 0.337 e. The monoisotopic (exact) mass is 283 g/mol. The lowest BCUT2D eigenvalue weighted by Gasteiger charge is -2.23. The molecule has 0 aromatic heterocycles. The summed E-state index contributed by atoms with van der Waals surface area (Å²) in [5.74, 6) is -1.31. The lowest BCUT2D eigenvalue weighted by atomic mass is 9.83. The first-order valence-corrected chi connectivity index (χ1v) is 6.27. The van der Waals surface area contributed by atoms with Crippen molar-refractivity contribution in [1.29, 1.82) is 0 Å². The summed E-state index contributed by atoms with van der Waals surface area (Å²) in [5.41, 5.74) is 6.19. The van der Waals surface area contributed by atoms with Crippen molar-refractivity contribution < 1.29 is 14.7 Å². The number of ketones is 1. The van der Waals surface area contributed by atoms with Crippen molar-refractivity contribution in [1.82, 2.24) is 0 Å². The van der Waals surface area contributed by atoms with Gasteiger partial charge in [0.2, 0.25) is 0 Å². The molecule has 19 heavy (non-hydrogen) atoms. The second kappa shape index (κ2) is 5.31. The average molecular weight is 284 g/mol. The zero-order chi connectivity index (χ0) is 15.0. The van der Waals surface area contributed by atoms with Gasteiger partial charge < -0.3 is 10.8 Å². The number of rotatable bonds is 3.